The van der Waals surface area contributed by atoms with Gasteiger partial charge in [-0.25, -0.2) is 4.98 Å². The molecule has 3 aromatic rings. The van der Waals surface area contributed by atoms with E-state index in [9.17, 15) is 0 Å². The van der Waals surface area contributed by atoms with Crippen LogP contribution in [-0.4, -0.2) is 9.97 Å². The zero-order chi connectivity index (χ0) is 13.2. The SMILES string of the molecule is Nc1ccc2nc(NCc3cccc(Br)c3)[nH]c2c1. The van der Waals surface area contributed by atoms with Gasteiger partial charge in [-0.1, -0.05) is 28.1 Å². The predicted molar refractivity (Wildman–Crippen MR) is 82.0 cm³/mol. The van der Waals surface area contributed by atoms with E-state index in [2.05, 4.69) is 43.3 Å². The van der Waals surface area contributed by atoms with E-state index in [4.69, 9.17) is 5.73 Å². The zero-order valence-electron chi connectivity index (χ0n) is 10.2. The number of nitrogens with zero attached hydrogens (tertiary/aromatic N) is 1. The minimum Gasteiger partial charge on any atom is -0.399 e. The number of fused-ring (bicyclic) bond motifs is 1. The van der Waals surface area contributed by atoms with Crippen LogP contribution in [-0.2, 0) is 6.54 Å². The Morgan fingerprint density at radius 1 is 1.21 bits per heavy atom. The van der Waals surface area contributed by atoms with Gasteiger partial charge >= 0.3 is 0 Å². The monoisotopic (exact) mass is 316 g/mol. The first kappa shape index (κ1) is 12.0. The number of hydrogen-bond acceptors (Lipinski definition) is 3. The average Bonchev–Trinajstić information content (AvgIpc) is 2.78. The summed E-state index contributed by atoms with van der Waals surface area (Å²) in [5, 5.41) is 3.27. The Balaban J connectivity index is 1.78. The molecule has 5 heteroatoms. The molecule has 0 atom stereocenters. The number of imidazole rings is 1. The smallest absolute Gasteiger partial charge is 0.201 e. The number of nitrogen functional groups attached to an aromatic ring is 1. The van der Waals surface area contributed by atoms with Crippen molar-refractivity contribution >= 4 is 38.6 Å². The molecule has 4 N–H and O–H groups in total. The molecular weight excluding hydrogens is 304 g/mol. The van der Waals surface area contributed by atoms with Crippen LogP contribution in [0.3, 0.4) is 0 Å². The maximum absolute atomic E-state index is 5.74. The fourth-order valence-electron chi connectivity index (χ4n) is 1.94. The lowest BCUT2D eigenvalue weighted by molar-refractivity contribution is 1.10. The normalized spacial score (nSPS) is 10.8. The Morgan fingerprint density at radius 3 is 2.95 bits per heavy atom. The number of aromatic nitrogens is 2. The van der Waals surface area contributed by atoms with E-state index in [-0.39, 0.29) is 0 Å². The van der Waals surface area contributed by atoms with Crippen molar-refractivity contribution in [3.8, 4) is 0 Å². The van der Waals surface area contributed by atoms with Crippen LogP contribution in [0.5, 0.6) is 0 Å². The topological polar surface area (TPSA) is 66.7 Å². The number of hydrogen-bond donors (Lipinski definition) is 3. The summed E-state index contributed by atoms with van der Waals surface area (Å²) in [5.41, 5.74) is 9.51. The summed E-state index contributed by atoms with van der Waals surface area (Å²) >= 11 is 3.46. The van der Waals surface area contributed by atoms with Gasteiger partial charge in [0.2, 0.25) is 5.95 Å². The second-order valence-electron chi connectivity index (χ2n) is 4.35. The molecule has 0 unspecified atom stereocenters. The highest BCUT2D eigenvalue weighted by Gasteiger charge is 2.02. The number of halogens is 1. The van der Waals surface area contributed by atoms with Crippen molar-refractivity contribution in [1.29, 1.82) is 0 Å². The van der Waals surface area contributed by atoms with Gasteiger partial charge in [0.1, 0.15) is 0 Å². The first-order valence-electron chi connectivity index (χ1n) is 5.94. The van der Waals surface area contributed by atoms with Crippen LogP contribution in [0.25, 0.3) is 11.0 Å². The summed E-state index contributed by atoms with van der Waals surface area (Å²) in [6.07, 6.45) is 0. The molecule has 96 valence electrons. The van der Waals surface area contributed by atoms with Crippen LogP contribution in [0.15, 0.2) is 46.9 Å². The van der Waals surface area contributed by atoms with Gasteiger partial charge < -0.3 is 16.0 Å². The van der Waals surface area contributed by atoms with Gasteiger partial charge in [0.05, 0.1) is 11.0 Å². The van der Waals surface area contributed by atoms with Crippen LogP contribution in [0.2, 0.25) is 0 Å². The number of H-pyrrole nitrogens is 1. The molecule has 0 amide bonds. The number of rotatable bonds is 3. The molecule has 1 aromatic heterocycles. The second kappa shape index (κ2) is 4.93. The Bertz CT molecular complexity index is 720. The lowest BCUT2D eigenvalue weighted by Crippen LogP contribution is -2.00. The van der Waals surface area contributed by atoms with Crippen molar-refractivity contribution in [2.45, 2.75) is 6.54 Å². The number of nitrogens with one attached hydrogen (secondary N) is 2. The van der Waals surface area contributed by atoms with E-state index < -0.39 is 0 Å². The first-order chi connectivity index (χ1) is 9.20. The average molecular weight is 317 g/mol. The molecule has 0 bridgehead atoms. The minimum absolute atomic E-state index is 0.717. The third-order valence-corrected chi connectivity index (χ3v) is 3.35. The maximum Gasteiger partial charge on any atom is 0.201 e. The van der Waals surface area contributed by atoms with Gasteiger partial charge in [-0.15, -0.1) is 0 Å². The van der Waals surface area contributed by atoms with E-state index in [1.807, 2.05) is 30.3 Å². The van der Waals surface area contributed by atoms with Gasteiger partial charge in [-0.2, -0.15) is 0 Å². The van der Waals surface area contributed by atoms with E-state index in [1.165, 1.54) is 5.56 Å². The second-order valence-corrected chi connectivity index (χ2v) is 5.26. The number of nitrogens with two attached hydrogens (primary N) is 1. The zero-order valence-corrected chi connectivity index (χ0v) is 11.7. The summed E-state index contributed by atoms with van der Waals surface area (Å²) in [6, 6.07) is 13.8. The Kier molecular flexibility index (Phi) is 3.13. The van der Waals surface area contributed by atoms with Crippen LogP contribution in [0, 0.1) is 0 Å². The quantitative estimate of drug-likeness (QED) is 0.648. The Hall–Kier alpha value is -2.01. The molecule has 0 aliphatic rings. The lowest BCUT2D eigenvalue weighted by atomic mass is 10.2. The molecule has 19 heavy (non-hydrogen) atoms. The molecule has 0 aliphatic heterocycles. The molecule has 0 radical (unpaired) electrons. The standard InChI is InChI=1S/C14H13BrN4/c15-10-3-1-2-9(6-10)8-17-14-18-12-5-4-11(16)7-13(12)19-14/h1-7H,8,16H2,(H2,17,18,19). The van der Waals surface area contributed by atoms with Crippen molar-refractivity contribution in [3.05, 3.63) is 52.5 Å². The molecule has 3 rings (SSSR count). The summed E-state index contributed by atoms with van der Waals surface area (Å²) in [6.45, 7) is 0.717. The van der Waals surface area contributed by atoms with Crippen LogP contribution < -0.4 is 11.1 Å². The summed E-state index contributed by atoms with van der Waals surface area (Å²) in [7, 11) is 0. The molecule has 1 heterocycles. The number of aromatic amines is 1. The predicted octanol–water partition coefficient (Wildman–Crippen LogP) is 3.52. The molecule has 4 nitrogen and oxygen atoms in total. The number of benzene rings is 2. The Labute approximate surface area is 119 Å². The third kappa shape index (κ3) is 2.71. The molecule has 2 aromatic carbocycles. The van der Waals surface area contributed by atoms with Gasteiger partial charge in [-0.05, 0) is 35.9 Å². The molecular formula is C14H13BrN4. The minimum atomic E-state index is 0.717. The molecule has 0 saturated heterocycles. The highest BCUT2D eigenvalue weighted by molar-refractivity contribution is 9.10. The van der Waals surface area contributed by atoms with Crippen LogP contribution in [0.1, 0.15) is 5.56 Å². The fraction of sp³-hybridized carbons (Fsp3) is 0.0714. The maximum atomic E-state index is 5.74. The van der Waals surface area contributed by atoms with Crippen molar-refractivity contribution in [2.75, 3.05) is 11.1 Å². The van der Waals surface area contributed by atoms with Crippen LogP contribution >= 0.6 is 15.9 Å². The molecule has 0 fully saturated rings. The largest absolute Gasteiger partial charge is 0.399 e. The highest BCUT2D eigenvalue weighted by Crippen LogP contribution is 2.18. The Morgan fingerprint density at radius 2 is 2.11 bits per heavy atom. The molecule has 0 aliphatic carbocycles. The molecule has 0 saturated carbocycles. The van der Waals surface area contributed by atoms with E-state index in [0.29, 0.717) is 0 Å². The summed E-state index contributed by atoms with van der Waals surface area (Å²) in [5.74, 6) is 0.751. The van der Waals surface area contributed by atoms with Crippen molar-refractivity contribution in [3.63, 3.8) is 0 Å². The van der Waals surface area contributed by atoms with E-state index in [1.54, 1.807) is 0 Å². The van der Waals surface area contributed by atoms with Crippen LogP contribution in [0.4, 0.5) is 11.6 Å². The van der Waals surface area contributed by atoms with Gasteiger partial charge in [-0.3, -0.25) is 0 Å². The van der Waals surface area contributed by atoms with Crippen molar-refractivity contribution < 1.29 is 0 Å². The van der Waals surface area contributed by atoms with Crippen molar-refractivity contribution in [1.82, 2.24) is 9.97 Å². The van der Waals surface area contributed by atoms with E-state index >= 15 is 0 Å². The molecule has 0 spiro atoms. The summed E-state index contributed by atoms with van der Waals surface area (Å²) < 4.78 is 1.07. The fourth-order valence-corrected chi connectivity index (χ4v) is 2.39. The van der Waals surface area contributed by atoms with Gasteiger partial charge in [0.15, 0.2) is 0 Å². The summed E-state index contributed by atoms with van der Waals surface area (Å²) in [4.78, 5) is 7.66. The lowest BCUT2D eigenvalue weighted by Gasteiger charge is -2.03. The van der Waals surface area contributed by atoms with E-state index in [0.717, 1.165) is 33.7 Å². The highest BCUT2D eigenvalue weighted by atomic mass is 79.9. The first-order valence-corrected chi connectivity index (χ1v) is 6.73. The number of anilines is 2. The van der Waals surface area contributed by atoms with Gasteiger partial charge in [0, 0.05) is 16.7 Å². The third-order valence-electron chi connectivity index (χ3n) is 2.85. The van der Waals surface area contributed by atoms with Crippen molar-refractivity contribution in [2.24, 2.45) is 0 Å². The van der Waals surface area contributed by atoms with Gasteiger partial charge in [0.25, 0.3) is 0 Å².